The van der Waals surface area contributed by atoms with Crippen LogP contribution < -0.4 is 0 Å². The summed E-state index contributed by atoms with van der Waals surface area (Å²) >= 11 is 0. The largest absolute Gasteiger partial charge is 0.309 e. The number of hydrogen-bond acceptors (Lipinski definition) is 0. The smallest absolute Gasteiger partial charge is 0.0626 e. The molecule has 12 rings (SSSR count). The van der Waals surface area contributed by atoms with Crippen molar-refractivity contribution >= 4 is 97.5 Å². The maximum Gasteiger partial charge on any atom is 0.0626 e. The number of aromatic nitrogens is 2. The van der Waals surface area contributed by atoms with Crippen LogP contribution in [0, 0.1) is 0 Å². The van der Waals surface area contributed by atoms with E-state index in [0.717, 1.165) is 0 Å². The van der Waals surface area contributed by atoms with Crippen molar-refractivity contribution in [3.05, 3.63) is 170 Å². The average molecular weight is 633 g/mol. The Hall–Kier alpha value is -6.64. The number of benzene rings is 10. The Labute approximate surface area is 286 Å². The molecule has 12 aromatic rings. The zero-order valence-corrected chi connectivity index (χ0v) is 27.1. The molecule has 2 heteroatoms. The minimum atomic E-state index is 1.17. The first-order valence-electron chi connectivity index (χ1n) is 17.4. The highest BCUT2D eigenvalue weighted by Gasteiger charge is 2.25. The second-order valence-electron chi connectivity index (χ2n) is 13.7. The van der Waals surface area contributed by atoms with Crippen molar-refractivity contribution in [2.45, 2.75) is 0 Å². The fraction of sp³-hybridized carbons (Fsp3) is 0. The van der Waals surface area contributed by atoms with Gasteiger partial charge in [-0.2, -0.15) is 0 Å². The van der Waals surface area contributed by atoms with Crippen LogP contribution in [-0.2, 0) is 0 Å². The monoisotopic (exact) mass is 632 g/mol. The van der Waals surface area contributed by atoms with Gasteiger partial charge in [0.1, 0.15) is 0 Å². The van der Waals surface area contributed by atoms with E-state index in [1.54, 1.807) is 0 Å². The van der Waals surface area contributed by atoms with Gasteiger partial charge in [0, 0.05) is 49.1 Å². The standard InChI is InChI=1S/C48H28N2/c1-3-17-34(18-4-1)49-42-26-32-14-9-7-12-30(32)24-38(42)39-28-41-45-37(47(39)49)23-22-29-16-11-21-36(44(29)45)46-40-25-31-13-8-10-15-33(31)27-43(40)50(48(41)46)35-19-5-2-6-20-35/h1-28H. The van der Waals surface area contributed by atoms with E-state index in [0.29, 0.717) is 0 Å². The fourth-order valence-electron chi connectivity index (χ4n) is 9.07. The van der Waals surface area contributed by atoms with Gasteiger partial charge in [0.25, 0.3) is 0 Å². The van der Waals surface area contributed by atoms with Crippen LogP contribution in [0.5, 0.6) is 0 Å². The van der Waals surface area contributed by atoms with E-state index in [1.165, 1.54) is 109 Å². The molecule has 0 radical (unpaired) electrons. The van der Waals surface area contributed by atoms with E-state index in [1.807, 2.05) is 0 Å². The predicted molar refractivity (Wildman–Crippen MR) is 214 cm³/mol. The van der Waals surface area contributed by atoms with E-state index < -0.39 is 0 Å². The van der Waals surface area contributed by atoms with Gasteiger partial charge in [-0.3, -0.25) is 0 Å². The lowest BCUT2D eigenvalue weighted by Crippen LogP contribution is -1.97. The molecule has 0 aliphatic rings. The van der Waals surface area contributed by atoms with Crippen molar-refractivity contribution in [3.8, 4) is 11.4 Å². The Kier molecular flexibility index (Phi) is 5.00. The van der Waals surface area contributed by atoms with Crippen LogP contribution in [0.15, 0.2) is 170 Å². The molecular weight excluding hydrogens is 605 g/mol. The van der Waals surface area contributed by atoms with Gasteiger partial charge in [0.05, 0.1) is 22.1 Å². The van der Waals surface area contributed by atoms with Crippen LogP contribution in [0.25, 0.3) is 109 Å². The molecule has 0 fully saturated rings. The van der Waals surface area contributed by atoms with Crippen molar-refractivity contribution < 1.29 is 0 Å². The van der Waals surface area contributed by atoms with Gasteiger partial charge in [-0.15, -0.1) is 0 Å². The first kappa shape index (κ1) is 26.3. The third-order valence-electron chi connectivity index (χ3n) is 11.1. The normalized spacial score (nSPS) is 12.4. The molecule has 0 amide bonds. The molecule has 0 bridgehead atoms. The summed E-state index contributed by atoms with van der Waals surface area (Å²) in [6.07, 6.45) is 0. The van der Waals surface area contributed by atoms with Gasteiger partial charge in [0.2, 0.25) is 0 Å². The van der Waals surface area contributed by atoms with Crippen molar-refractivity contribution in [2.75, 3.05) is 0 Å². The predicted octanol–water partition coefficient (Wildman–Crippen LogP) is 13.1. The second kappa shape index (κ2) is 9.49. The van der Waals surface area contributed by atoms with E-state index in [2.05, 4.69) is 179 Å². The first-order valence-corrected chi connectivity index (χ1v) is 17.4. The summed E-state index contributed by atoms with van der Waals surface area (Å²) in [4.78, 5) is 0. The van der Waals surface area contributed by atoms with Crippen LogP contribution >= 0.6 is 0 Å². The highest BCUT2D eigenvalue weighted by atomic mass is 15.0. The molecule has 0 N–H and O–H groups in total. The summed E-state index contributed by atoms with van der Waals surface area (Å²) in [5.41, 5.74) is 7.33. The Balaban J connectivity index is 1.41. The summed E-state index contributed by atoms with van der Waals surface area (Å²) in [5, 5.41) is 18.0. The summed E-state index contributed by atoms with van der Waals surface area (Å²) < 4.78 is 5.03. The van der Waals surface area contributed by atoms with Crippen LogP contribution in [-0.4, -0.2) is 9.13 Å². The van der Waals surface area contributed by atoms with Crippen LogP contribution in [0.3, 0.4) is 0 Å². The highest BCUT2D eigenvalue weighted by Crippen LogP contribution is 2.49. The van der Waals surface area contributed by atoms with Crippen LogP contribution in [0.2, 0.25) is 0 Å². The molecule has 50 heavy (non-hydrogen) atoms. The van der Waals surface area contributed by atoms with Crippen LogP contribution in [0.4, 0.5) is 0 Å². The molecule has 0 aliphatic carbocycles. The molecule has 0 spiro atoms. The number of hydrogen-bond donors (Lipinski definition) is 0. The number of nitrogens with zero attached hydrogens (tertiary/aromatic N) is 2. The number of fused-ring (bicyclic) bond motifs is 11. The quantitative estimate of drug-likeness (QED) is 0.168. The Bertz CT molecular complexity index is 3350. The fourth-order valence-corrected chi connectivity index (χ4v) is 9.07. The topological polar surface area (TPSA) is 9.86 Å². The third-order valence-corrected chi connectivity index (χ3v) is 11.1. The van der Waals surface area contributed by atoms with Gasteiger partial charge in [-0.1, -0.05) is 115 Å². The molecule has 0 unspecified atom stereocenters. The lowest BCUT2D eigenvalue weighted by atomic mass is 9.89. The van der Waals surface area contributed by atoms with Gasteiger partial charge in [-0.05, 0) is 92.3 Å². The lowest BCUT2D eigenvalue weighted by molar-refractivity contribution is 1.19. The van der Waals surface area contributed by atoms with E-state index in [4.69, 9.17) is 0 Å². The minimum absolute atomic E-state index is 1.17. The Morgan fingerprint density at radius 3 is 1.46 bits per heavy atom. The summed E-state index contributed by atoms with van der Waals surface area (Å²) in [5.74, 6) is 0. The minimum Gasteiger partial charge on any atom is -0.309 e. The average Bonchev–Trinajstić information content (AvgIpc) is 3.68. The Morgan fingerprint density at radius 2 is 0.800 bits per heavy atom. The lowest BCUT2D eigenvalue weighted by Gasteiger charge is -2.17. The molecule has 0 atom stereocenters. The molecule has 0 saturated carbocycles. The van der Waals surface area contributed by atoms with Gasteiger partial charge >= 0.3 is 0 Å². The molecule has 0 aliphatic heterocycles. The first-order chi connectivity index (χ1) is 24.8. The second-order valence-corrected chi connectivity index (χ2v) is 13.7. The molecular formula is C48H28N2. The van der Waals surface area contributed by atoms with E-state index in [-0.39, 0.29) is 0 Å². The molecule has 2 aromatic heterocycles. The maximum absolute atomic E-state index is 2.53. The highest BCUT2D eigenvalue weighted by molar-refractivity contribution is 6.41. The molecule has 0 saturated heterocycles. The summed E-state index contributed by atoms with van der Waals surface area (Å²) in [6, 6.07) is 63.0. The van der Waals surface area contributed by atoms with Gasteiger partial charge in [0.15, 0.2) is 0 Å². The van der Waals surface area contributed by atoms with E-state index in [9.17, 15) is 0 Å². The SMILES string of the molecule is c1ccc(-n2c3cc4ccccc4cc3c3cc4c5c(ccc6cccc(c65)c5c6cc7ccccc7cc6n(-c6ccccc6)c45)c32)cc1. The van der Waals surface area contributed by atoms with Gasteiger partial charge < -0.3 is 9.13 Å². The number of para-hydroxylation sites is 2. The van der Waals surface area contributed by atoms with Crippen LogP contribution in [0.1, 0.15) is 0 Å². The molecule has 10 aromatic carbocycles. The summed E-state index contributed by atoms with van der Waals surface area (Å²) in [6.45, 7) is 0. The molecule has 2 heterocycles. The zero-order chi connectivity index (χ0) is 32.5. The van der Waals surface area contributed by atoms with Crippen molar-refractivity contribution in [1.82, 2.24) is 9.13 Å². The maximum atomic E-state index is 2.53. The van der Waals surface area contributed by atoms with Gasteiger partial charge in [-0.25, -0.2) is 0 Å². The molecule has 2 nitrogen and oxygen atoms in total. The summed E-state index contributed by atoms with van der Waals surface area (Å²) in [7, 11) is 0. The van der Waals surface area contributed by atoms with Crippen molar-refractivity contribution in [1.29, 1.82) is 0 Å². The third kappa shape index (κ3) is 3.32. The van der Waals surface area contributed by atoms with E-state index >= 15 is 0 Å². The molecule has 230 valence electrons. The zero-order valence-electron chi connectivity index (χ0n) is 27.1. The van der Waals surface area contributed by atoms with Crippen molar-refractivity contribution in [3.63, 3.8) is 0 Å². The van der Waals surface area contributed by atoms with Crippen molar-refractivity contribution in [2.24, 2.45) is 0 Å². The Morgan fingerprint density at radius 1 is 0.260 bits per heavy atom. The number of rotatable bonds is 2.